The van der Waals surface area contributed by atoms with E-state index in [-0.39, 0.29) is 16.7 Å². The zero-order chi connectivity index (χ0) is 16.0. The number of fused-ring (bicyclic) bond motifs is 1. The van der Waals surface area contributed by atoms with Crippen molar-refractivity contribution < 1.29 is 13.2 Å². The van der Waals surface area contributed by atoms with Crippen molar-refractivity contribution in [2.45, 2.75) is 17.7 Å². The summed E-state index contributed by atoms with van der Waals surface area (Å²) in [4.78, 5) is 14.1. The normalized spacial score (nSPS) is 20.1. The van der Waals surface area contributed by atoms with E-state index >= 15 is 0 Å². The summed E-state index contributed by atoms with van der Waals surface area (Å²) in [6.45, 7) is 1.57. The molecular formula is C14H16N4O3S2. The van der Waals surface area contributed by atoms with Crippen LogP contribution in [-0.4, -0.2) is 58.5 Å². The Hall–Kier alpha value is -1.58. The van der Waals surface area contributed by atoms with Crippen molar-refractivity contribution in [1.29, 1.82) is 0 Å². The molecule has 7 nitrogen and oxygen atoms in total. The second-order valence-corrected chi connectivity index (χ2v) is 8.33. The molecule has 23 heavy (non-hydrogen) atoms. The Balaban J connectivity index is 1.56. The lowest BCUT2D eigenvalue weighted by Gasteiger charge is -2.34. The Labute approximate surface area is 138 Å². The van der Waals surface area contributed by atoms with Gasteiger partial charge < -0.3 is 4.90 Å². The third-order valence-corrected chi connectivity index (χ3v) is 6.82. The fourth-order valence-corrected chi connectivity index (χ4v) is 5.04. The molecule has 9 heteroatoms. The summed E-state index contributed by atoms with van der Waals surface area (Å²) in [6.07, 6.45) is 1.94. The van der Waals surface area contributed by atoms with Gasteiger partial charge in [-0.3, -0.25) is 4.79 Å². The molecule has 1 aromatic carbocycles. The summed E-state index contributed by atoms with van der Waals surface area (Å²) in [7, 11) is -3.61. The van der Waals surface area contributed by atoms with E-state index in [4.69, 9.17) is 0 Å². The highest BCUT2D eigenvalue weighted by Crippen LogP contribution is 2.32. The van der Waals surface area contributed by atoms with Gasteiger partial charge in [-0.05, 0) is 25.0 Å². The van der Waals surface area contributed by atoms with Gasteiger partial charge in [0.15, 0.2) is 0 Å². The molecule has 1 amide bonds. The topological polar surface area (TPSA) is 83.5 Å². The highest BCUT2D eigenvalue weighted by Gasteiger charge is 2.37. The van der Waals surface area contributed by atoms with Gasteiger partial charge in [-0.2, -0.15) is 13.1 Å². The maximum atomic E-state index is 12.9. The van der Waals surface area contributed by atoms with Crippen LogP contribution in [0.25, 0.3) is 11.0 Å². The van der Waals surface area contributed by atoms with Crippen LogP contribution in [-0.2, 0) is 14.8 Å². The van der Waals surface area contributed by atoms with Crippen molar-refractivity contribution in [2.24, 2.45) is 5.92 Å². The molecule has 1 aromatic heterocycles. The molecule has 0 N–H and O–H groups in total. The SMILES string of the molecule is O=C(C1CC1)N1CCN(S(=O)(=O)c2cccc3nsnc23)CC1. The largest absolute Gasteiger partial charge is 0.340 e. The van der Waals surface area contributed by atoms with E-state index in [1.165, 1.54) is 4.31 Å². The van der Waals surface area contributed by atoms with E-state index in [0.717, 1.165) is 24.6 Å². The van der Waals surface area contributed by atoms with Crippen molar-refractivity contribution in [2.75, 3.05) is 26.2 Å². The van der Waals surface area contributed by atoms with Crippen LogP contribution in [0.5, 0.6) is 0 Å². The third-order valence-electron chi connectivity index (χ3n) is 4.34. The summed E-state index contributed by atoms with van der Waals surface area (Å²) in [5, 5.41) is 0. The van der Waals surface area contributed by atoms with Gasteiger partial charge in [-0.1, -0.05) is 6.07 Å². The number of hydrogen-bond donors (Lipinski definition) is 0. The van der Waals surface area contributed by atoms with Gasteiger partial charge in [0.25, 0.3) is 0 Å². The van der Waals surface area contributed by atoms with E-state index in [0.29, 0.717) is 37.2 Å². The molecule has 0 unspecified atom stereocenters. The first-order valence-corrected chi connectivity index (χ1v) is 9.74. The van der Waals surface area contributed by atoms with Gasteiger partial charge in [0, 0.05) is 32.1 Å². The second-order valence-electron chi connectivity index (χ2n) is 5.89. The standard InChI is InChI=1S/C14H16N4O3S2/c19-14(10-4-5-10)17-6-8-18(9-7-17)23(20,21)12-3-1-2-11-13(12)16-22-15-11/h1-3,10H,4-9H2. The summed E-state index contributed by atoms with van der Waals surface area (Å²) in [5.74, 6) is 0.348. The van der Waals surface area contributed by atoms with Crippen LogP contribution in [0.4, 0.5) is 0 Å². The minimum absolute atomic E-state index is 0.174. The number of nitrogens with zero attached hydrogens (tertiary/aromatic N) is 4. The quantitative estimate of drug-likeness (QED) is 0.821. The van der Waals surface area contributed by atoms with Gasteiger partial charge in [-0.25, -0.2) is 8.42 Å². The van der Waals surface area contributed by atoms with Crippen molar-refractivity contribution in [1.82, 2.24) is 18.0 Å². The maximum Gasteiger partial charge on any atom is 0.245 e. The number of sulfonamides is 1. The molecular weight excluding hydrogens is 336 g/mol. The van der Waals surface area contributed by atoms with Gasteiger partial charge in [0.1, 0.15) is 15.9 Å². The fourth-order valence-electron chi connectivity index (χ4n) is 2.87. The van der Waals surface area contributed by atoms with Crippen LogP contribution >= 0.6 is 11.7 Å². The molecule has 122 valence electrons. The van der Waals surface area contributed by atoms with Crippen LogP contribution in [0.2, 0.25) is 0 Å². The Kier molecular flexibility index (Phi) is 3.58. The smallest absolute Gasteiger partial charge is 0.245 e. The minimum atomic E-state index is -3.61. The molecule has 1 aliphatic carbocycles. The Morgan fingerprint density at radius 3 is 2.57 bits per heavy atom. The number of aromatic nitrogens is 2. The summed E-state index contributed by atoms with van der Waals surface area (Å²) in [5.41, 5.74) is 1.02. The molecule has 0 radical (unpaired) electrons. The van der Waals surface area contributed by atoms with E-state index in [9.17, 15) is 13.2 Å². The van der Waals surface area contributed by atoms with Crippen LogP contribution in [0.15, 0.2) is 23.1 Å². The molecule has 0 atom stereocenters. The fraction of sp³-hybridized carbons (Fsp3) is 0.500. The monoisotopic (exact) mass is 352 g/mol. The first-order valence-electron chi connectivity index (χ1n) is 7.57. The minimum Gasteiger partial charge on any atom is -0.340 e. The maximum absolute atomic E-state index is 12.9. The first kappa shape index (κ1) is 15.0. The summed E-state index contributed by atoms with van der Waals surface area (Å²) < 4.78 is 35.4. The average molecular weight is 352 g/mol. The molecule has 1 aliphatic heterocycles. The summed E-state index contributed by atoms with van der Waals surface area (Å²) in [6, 6.07) is 5.01. The zero-order valence-corrected chi connectivity index (χ0v) is 14.0. The molecule has 0 bridgehead atoms. The highest BCUT2D eigenvalue weighted by atomic mass is 32.2. The highest BCUT2D eigenvalue weighted by molar-refractivity contribution is 7.89. The van der Waals surface area contributed by atoms with Gasteiger partial charge in [0.05, 0.1) is 11.7 Å². The average Bonchev–Trinajstić information content (AvgIpc) is 3.30. The van der Waals surface area contributed by atoms with E-state index < -0.39 is 10.0 Å². The van der Waals surface area contributed by atoms with Gasteiger partial charge in [-0.15, -0.1) is 0 Å². The lowest BCUT2D eigenvalue weighted by Crippen LogP contribution is -2.50. The molecule has 2 aliphatic rings. The molecule has 1 saturated heterocycles. The molecule has 4 rings (SSSR count). The van der Waals surface area contributed by atoms with Crippen LogP contribution in [0, 0.1) is 5.92 Å². The number of benzene rings is 1. The number of piperazine rings is 1. The van der Waals surface area contributed by atoms with Crippen molar-refractivity contribution >= 4 is 38.7 Å². The first-order chi connectivity index (χ1) is 11.1. The molecule has 1 saturated carbocycles. The Bertz CT molecular complexity index is 852. The van der Waals surface area contributed by atoms with Crippen LogP contribution in [0.3, 0.4) is 0 Å². The lowest BCUT2D eigenvalue weighted by molar-refractivity contribution is -0.133. The number of rotatable bonds is 3. The molecule has 2 fully saturated rings. The van der Waals surface area contributed by atoms with E-state index in [2.05, 4.69) is 8.75 Å². The lowest BCUT2D eigenvalue weighted by atomic mass is 10.3. The number of carbonyl (C=O) groups excluding carboxylic acids is 1. The number of hydrogen-bond acceptors (Lipinski definition) is 6. The third kappa shape index (κ3) is 2.62. The predicted octanol–water partition coefficient (Wildman–Crippen LogP) is 0.934. The van der Waals surface area contributed by atoms with Crippen molar-refractivity contribution in [3.05, 3.63) is 18.2 Å². The number of amides is 1. The number of carbonyl (C=O) groups is 1. The Morgan fingerprint density at radius 2 is 1.87 bits per heavy atom. The van der Waals surface area contributed by atoms with Gasteiger partial charge in [0.2, 0.25) is 15.9 Å². The van der Waals surface area contributed by atoms with E-state index in [1.54, 1.807) is 23.1 Å². The molecule has 2 heterocycles. The Morgan fingerprint density at radius 1 is 1.13 bits per heavy atom. The van der Waals surface area contributed by atoms with E-state index in [1.807, 2.05) is 0 Å². The van der Waals surface area contributed by atoms with Crippen molar-refractivity contribution in [3.63, 3.8) is 0 Å². The zero-order valence-electron chi connectivity index (χ0n) is 12.4. The molecule has 0 spiro atoms. The second kappa shape index (κ2) is 5.50. The summed E-state index contributed by atoms with van der Waals surface area (Å²) >= 11 is 1.01. The van der Waals surface area contributed by atoms with Crippen LogP contribution in [0.1, 0.15) is 12.8 Å². The molecule has 2 aromatic rings. The van der Waals surface area contributed by atoms with Crippen molar-refractivity contribution in [3.8, 4) is 0 Å². The van der Waals surface area contributed by atoms with Crippen LogP contribution < -0.4 is 0 Å². The van der Waals surface area contributed by atoms with Gasteiger partial charge >= 0.3 is 0 Å². The predicted molar refractivity (Wildman–Crippen MR) is 85.5 cm³/mol.